The summed E-state index contributed by atoms with van der Waals surface area (Å²) >= 11 is 5.16. The van der Waals surface area contributed by atoms with Gasteiger partial charge in [-0.05, 0) is 44.4 Å². The third-order valence-corrected chi connectivity index (χ3v) is 5.00. The van der Waals surface area contributed by atoms with E-state index < -0.39 is 0 Å². The van der Waals surface area contributed by atoms with Gasteiger partial charge in [0, 0.05) is 50.4 Å². The molecule has 0 aromatic carbocycles. The van der Waals surface area contributed by atoms with Crippen LogP contribution in [-0.2, 0) is 13.6 Å². The lowest BCUT2D eigenvalue weighted by Crippen LogP contribution is -2.48. The zero-order valence-corrected chi connectivity index (χ0v) is 14.4. The molecule has 2 aromatic rings. The summed E-state index contributed by atoms with van der Waals surface area (Å²) in [6, 6.07) is 4.06. The summed E-state index contributed by atoms with van der Waals surface area (Å²) in [6.45, 7) is 4.46. The number of hydrogen-bond donors (Lipinski definition) is 0. The van der Waals surface area contributed by atoms with Crippen molar-refractivity contribution < 1.29 is 4.79 Å². The Balaban J connectivity index is 1.58. The first-order chi connectivity index (χ1) is 10.1. The van der Waals surface area contributed by atoms with E-state index in [1.807, 2.05) is 28.8 Å². The van der Waals surface area contributed by atoms with Gasteiger partial charge in [0.2, 0.25) is 0 Å². The van der Waals surface area contributed by atoms with Crippen LogP contribution in [0.15, 0.2) is 33.6 Å². The number of carbonyl (C=O) groups excluding carboxylic acids is 1. The number of aromatic nitrogens is 1. The van der Waals surface area contributed by atoms with Crippen LogP contribution in [0, 0.1) is 0 Å². The lowest BCUT2D eigenvalue weighted by atomic mass is 10.2. The van der Waals surface area contributed by atoms with Crippen LogP contribution in [0.5, 0.6) is 0 Å². The van der Waals surface area contributed by atoms with E-state index in [9.17, 15) is 4.79 Å². The SMILES string of the molecule is Cn1cc(Br)cc1C(=O)N1CCN(Cc2ccsc2)CC1. The molecule has 1 aliphatic heterocycles. The van der Waals surface area contributed by atoms with E-state index in [2.05, 4.69) is 37.7 Å². The summed E-state index contributed by atoms with van der Waals surface area (Å²) in [5.41, 5.74) is 2.11. The fourth-order valence-electron chi connectivity index (χ4n) is 2.65. The number of carbonyl (C=O) groups is 1. The molecule has 4 nitrogen and oxygen atoms in total. The Kier molecular flexibility index (Phi) is 4.47. The smallest absolute Gasteiger partial charge is 0.270 e. The van der Waals surface area contributed by atoms with E-state index in [0.29, 0.717) is 0 Å². The Morgan fingerprint density at radius 2 is 2.10 bits per heavy atom. The first kappa shape index (κ1) is 14.8. The van der Waals surface area contributed by atoms with Crippen LogP contribution in [0.3, 0.4) is 0 Å². The van der Waals surface area contributed by atoms with Crippen LogP contribution in [0.25, 0.3) is 0 Å². The number of hydrogen-bond acceptors (Lipinski definition) is 3. The lowest BCUT2D eigenvalue weighted by Gasteiger charge is -2.34. The molecule has 6 heteroatoms. The van der Waals surface area contributed by atoms with E-state index in [4.69, 9.17) is 0 Å². The molecule has 0 bridgehead atoms. The fourth-order valence-corrected chi connectivity index (χ4v) is 3.83. The molecule has 112 valence electrons. The molecule has 0 saturated carbocycles. The van der Waals surface area contributed by atoms with E-state index in [-0.39, 0.29) is 5.91 Å². The Hall–Kier alpha value is -1.11. The minimum Gasteiger partial charge on any atom is -0.345 e. The lowest BCUT2D eigenvalue weighted by molar-refractivity contribution is 0.0619. The van der Waals surface area contributed by atoms with Crippen molar-refractivity contribution in [3.63, 3.8) is 0 Å². The molecule has 0 radical (unpaired) electrons. The topological polar surface area (TPSA) is 28.5 Å². The molecule has 21 heavy (non-hydrogen) atoms. The summed E-state index contributed by atoms with van der Waals surface area (Å²) in [4.78, 5) is 16.9. The second-order valence-corrected chi connectivity index (χ2v) is 7.05. The van der Waals surface area contributed by atoms with Gasteiger partial charge >= 0.3 is 0 Å². The number of nitrogens with zero attached hydrogens (tertiary/aromatic N) is 3. The van der Waals surface area contributed by atoms with Gasteiger partial charge in [-0.3, -0.25) is 9.69 Å². The maximum absolute atomic E-state index is 12.5. The monoisotopic (exact) mass is 367 g/mol. The highest BCUT2D eigenvalue weighted by Gasteiger charge is 2.23. The minimum atomic E-state index is 0.124. The van der Waals surface area contributed by atoms with Crippen molar-refractivity contribution >= 4 is 33.2 Å². The van der Waals surface area contributed by atoms with Crippen molar-refractivity contribution in [2.75, 3.05) is 26.2 Å². The van der Waals surface area contributed by atoms with Crippen LogP contribution >= 0.6 is 27.3 Å². The average Bonchev–Trinajstić information content (AvgIpc) is 3.08. The van der Waals surface area contributed by atoms with Gasteiger partial charge in [0.05, 0.1) is 0 Å². The Morgan fingerprint density at radius 3 is 2.67 bits per heavy atom. The first-order valence-electron chi connectivity index (χ1n) is 6.98. The summed E-state index contributed by atoms with van der Waals surface area (Å²) in [5, 5.41) is 4.31. The van der Waals surface area contributed by atoms with Crippen molar-refractivity contribution in [2.45, 2.75) is 6.54 Å². The fraction of sp³-hybridized carbons (Fsp3) is 0.400. The molecule has 1 saturated heterocycles. The Morgan fingerprint density at radius 1 is 1.33 bits per heavy atom. The van der Waals surface area contributed by atoms with Gasteiger partial charge < -0.3 is 9.47 Å². The van der Waals surface area contributed by atoms with Crippen molar-refractivity contribution in [1.29, 1.82) is 0 Å². The van der Waals surface area contributed by atoms with E-state index >= 15 is 0 Å². The van der Waals surface area contributed by atoms with Crippen molar-refractivity contribution in [2.24, 2.45) is 7.05 Å². The van der Waals surface area contributed by atoms with Crippen LogP contribution < -0.4 is 0 Å². The zero-order chi connectivity index (χ0) is 14.8. The molecule has 0 atom stereocenters. The molecule has 1 aliphatic rings. The highest BCUT2D eigenvalue weighted by molar-refractivity contribution is 9.10. The van der Waals surface area contributed by atoms with Crippen molar-refractivity contribution in [3.8, 4) is 0 Å². The number of halogens is 1. The van der Waals surface area contributed by atoms with E-state index in [1.54, 1.807) is 11.3 Å². The molecule has 0 spiro atoms. The summed E-state index contributed by atoms with van der Waals surface area (Å²) in [5.74, 6) is 0.124. The number of amides is 1. The van der Waals surface area contributed by atoms with Gasteiger partial charge in [0.1, 0.15) is 5.69 Å². The third kappa shape index (κ3) is 3.39. The molecule has 2 aromatic heterocycles. The minimum absolute atomic E-state index is 0.124. The van der Waals surface area contributed by atoms with Gasteiger partial charge in [-0.15, -0.1) is 0 Å². The van der Waals surface area contributed by atoms with Gasteiger partial charge in [-0.1, -0.05) is 0 Å². The summed E-state index contributed by atoms with van der Waals surface area (Å²) < 4.78 is 2.83. The largest absolute Gasteiger partial charge is 0.345 e. The third-order valence-electron chi connectivity index (χ3n) is 3.84. The quantitative estimate of drug-likeness (QED) is 0.834. The van der Waals surface area contributed by atoms with Gasteiger partial charge in [-0.25, -0.2) is 0 Å². The van der Waals surface area contributed by atoms with Crippen LogP contribution in [0.2, 0.25) is 0 Å². The van der Waals surface area contributed by atoms with Gasteiger partial charge in [0.25, 0.3) is 5.91 Å². The molecule has 3 heterocycles. The van der Waals surface area contributed by atoms with Crippen LogP contribution in [0.4, 0.5) is 0 Å². The molecule has 1 fully saturated rings. The Labute approximate surface area is 137 Å². The standard InChI is InChI=1S/C15H18BrN3OS/c1-17-10-13(16)8-14(17)15(20)19-5-3-18(4-6-19)9-12-2-7-21-11-12/h2,7-8,10-11H,3-6,9H2,1H3. The number of thiophene rings is 1. The number of piperazine rings is 1. The van der Waals surface area contributed by atoms with E-state index in [1.165, 1.54) is 5.56 Å². The van der Waals surface area contributed by atoms with Gasteiger partial charge in [0.15, 0.2) is 0 Å². The molecule has 1 amide bonds. The molecular formula is C15H18BrN3OS. The van der Waals surface area contributed by atoms with Crippen molar-refractivity contribution in [1.82, 2.24) is 14.4 Å². The first-order valence-corrected chi connectivity index (χ1v) is 8.71. The number of aryl methyl sites for hydroxylation is 1. The highest BCUT2D eigenvalue weighted by atomic mass is 79.9. The Bertz CT molecular complexity index is 615. The van der Waals surface area contributed by atoms with Gasteiger partial charge in [-0.2, -0.15) is 11.3 Å². The summed E-state index contributed by atoms with van der Waals surface area (Å²) in [6.07, 6.45) is 1.92. The normalized spacial score (nSPS) is 16.4. The average molecular weight is 368 g/mol. The van der Waals surface area contributed by atoms with Crippen LogP contribution in [0.1, 0.15) is 16.1 Å². The second kappa shape index (κ2) is 6.34. The van der Waals surface area contributed by atoms with Crippen LogP contribution in [-0.4, -0.2) is 46.5 Å². The molecular weight excluding hydrogens is 350 g/mol. The molecule has 0 aliphatic carbocycles. The number of rotatable bonds is 3. The van der Waals surface area contributed by atoms with Crippen molar-refractivity contribution in [3.05, 3.63) is 44.8 Å². The van der Waals surface area contributed by atoms with E-state index in [0.717, 1.165) is 42.9 Å². The second-order valence-electron chi connectivity index (χ2n) is 5.35. The maximum atomic E-state index is 12.5. The molecule has 0 N–H and O–H groups in total. The predicted molar refractivity (Wildman–Crippen MR) is 88.6 cm³/mol. The molecule has 3 rings (SSSR count). The predicted octanol–water partition coefficient (Wildman–Crippen LogP) is 2.81. The zero-order valence-electron chi connectivity index (χ0n) is 12.0. The maximum Gasteiger partial charge on any atom is 0.270 e. The summed E-state index contributed by atoms with van der Waals surface area (Å²) in [7, 11) is 1.91. The molecule has 0 unspecified atom stereocenters. The highest BCUT2D eigenvalue weighted by Crippen LogP contribution is 2.17.